The predicted molar refractivity (Wildman–Crippen MR) is 83.3 cm³/mol. The Bertz CT molecular complexity index is 499. The molecule has 1 aliphatic heterocycles. The number of carbonyl (C=O) groups is 1. The van der Waals surface area contributed by atoms with Gasteiger partial charge in [0.15, 0.2) is 5.89 Å². The van der Waals surface area contributed by atoms with Gasteiger partial charge in [-0.3, -0.25) is 4.79 Å². The summed E-state index contributed by atoms with van der Waals surface area (Å²) in [6, 6.07) is 0.382. The van der Waals surface area contributed by atoms with Crippen molar-refractivity contribution in [3.8, 4) is 0 Å². The van der Waals surface area contributed by atoms with E-state index in [1.165, 1.54) is 6.42 Å². The summed E-state index contributed by atoms with van der Waals surface area (Å²) in [5.41, 5.74) is 0.827. The number of nitrogens with zero attached hydrogens (tertiary/aromatic N) is 2. The van der Waals surface area contributed by atoms with Crippen molar-refractivity contribution >= 4 is 5.91 Å². The zero-order valence-electron chi connectivity index (χ0n) is 14.0. The van der Waals surface area contributed by atoms with Crippen molar-refractivity contribution in [1.29, 1.82) is 0 Å². The van der Waals surface area contributed by atoms with Crippen LogP contribution < -0.4 is 0 Å². The van der Waals surface area contributed by atoms with Crippen molar-refractivity contribution in [2.24, 2.45) is 0 Å². The van der Waals surface area contributed by atoms with Gasteiger partial charge >= 0.3 is 0 Å². The van der Waals surface area contributed by atoms with E-state index in [4.69, 9.17) is 4.42 Å². The summed E-state index contributed by atoms with van der Waals surface area (Å²) in [5.74, 6) is 1.86. The van der Waals surface area contributed by atoms with E-state index in [1.54, 1.807) is 0 Å². The van der Waals surface area contributed by atoms with Crippen LogP contribution in [0.5, 0.6) is 0 Å². The SMILES string of the molecule is Cc1nc(C(C)(C)C)oc1CCC(=O)N1CCCCC1C. The smallest absolute Gasteiger partial charge is 0.223 e. The van der Waals surface area contributed by atoms with Crippen LogP contribution in [0, 0.1) is 6.92 Å². The Morgan fingerprint density at radius 2 is 2.10 bits per heavy atom. The molecule has 1 fully saturated rings. The second-order valence-electron chi connectivity index (χ2n) is 7.21. The third-order valence-electron chi connectivity index (χ3n) is 4.22. The number of aryl methyl sites for hydroxylation is 2. The van der Waals surface area contributed by atoms with Gasteiger partial charge in [-0.25, -0.2) is 4.98 Å². The Morgan fingerprint density at radius 3 is 2.67 bits per heavy atom. The normalized spacial score (nSPS) is 19.9. The van der Waals surface area contributed by atoms with Gasteiger partial charge in [0.1, 0.15) is 5.76 Å². The van der Waals surface area contributed by atoms with Crippen molar-refractivity contribution in [1.82, 2.24) is 9.88 Å². The Morgan fingerprint density at radius 1 is 1.38 bits per heavy atom. The lowest BCUT2D eigenvalue weighted by Gasteiger charge is -2.33. The van der Waals surface area contributed by atoms with E-state index < -0.39 is 0 Å². The predicted octanol–water partition coefficient (Wildman–Crippen LogP) is 3.61. The number of likely N-dealkylation sites (tertiary alicyclic amines) is 1. The van der Waals surface area contributed by atoms with Gasteiger partial charge in [-0.2, -0.15) is 0 Å². The topological polar surface area (TPSA) is 46.3 Å². The van der Waals surface area contributed by atoms with Crippen molar-refractivity contribution in [2.45, 2.75) is 78.2 Å². The molecule has 118 valence electrons. The number of amides is 1. The highest BCUT2D eigenvalue weighted by Gasteiger charge is 2.25. The standard InChI is InChI=1S/C17H28N2O2/c1-12-8-6-7-11-19(12)15(20)10-9-14-13(2)18-16(21-14)17(3,4)5/h12H,6-11H2,1-5H3. The molecule has 0 radical (unpaired) electrons. The van der Waals surface area contributed by atoms with Crippen molar-refractivity contribution in [3.63, 3.8) is 0 Å². The maximum absolute atomic E-state index is 12.4. The van der Waals surface area contributed by atoms with Crippen LogP contribution in [-0.4, -0.2) is 28.4 Å². The minimum atomic E-state index is -0.0889. The maximum atomic E-state index is 12.4. The molecule has 1 aromatic rings. The average molecular weight is 292 g/mol. The highest BCUT2D eigenvalue weighted by Crippen LogP contribution is 2.25. The van der Waals surface area contributed by atoms with Crippen LogP contribution >= 0.6 is 0 Å². The van der Waals surface area contributed by atoms with Gasteiger partial charge in [0, 0.05) is 30.8 Å². The zero-order valence-corrected chi connectivity index (χ0v) is 14.0. The molecule has 2 rings (SSSR count). The van der Waals surface area contributed by atoms with Crippen LogP contribution in [0.15, 0.2) is 4.42 Å². The monoisotopic (exact) mass is 292 g/mol. The Balaban J connectivity index is 1.96. The van der Waals surface area contributed by atoms with Gasteiger partial charge in [-0.15, -0.1) is 0 Å². The maximum Gasteiger partial charge on any atom is 0.223 e. The van der Waals surface area contributed by atoms with E-state index in [0.717, 1.165) is 36.7 Å². The van der Waals surface area contributed by atoms with E-state index in [0.29, 0.717) is 18.9 Å². The molecule has 1 aliphatic rings. The molecule has 4 heteroatoms. The second kappa shape index (κ2) is 6.20. The van der Waals surface area contributed by atoms with Crippen LogP contribution in [0.25, 0.3) is 0 Å². The Hall–Kier alpha value is -1.32. The van der Waals surface area contributed by atoms with Gasteiger partial charge in [0.25, 0.3) is 0 Å². The largest absolute Gasteiger partial charge is 0.445 e. The van der Waals surface area contributed by atoms with Crippen LogP contribution in [0.1, 0.15) is 70.7 Å². The van der Waals surface area contributed by atoms with E-state index in [1.807, 2.05) is 11.8 Å². The molecule has 1 saturated heterocycles. The van der Waals surface area contributed by atoms with E-state index >= 15 is 0 Å². The summed E-state index contributed by atoms with van der Waals surface area (Å²) in [6.45, 7) is 11.3. The van der Waals surface area contributed by atoms with Gasteiger partial charge in [-0.05, 0) is 33.1 Å². The number of aromatic nitrogens is 1. The average Bonchev–Trinajstić information content (AvgIpc) is 2.78. The molecule has 2 heterocycles. The molecule has 1 amide bonds. The molecule has 1 atom stereocenters. The van der Waals surface area contributed by atoms with Gasteiger partial charge in [0.2, 0.25) is 5.91 Å². The Kier molecular flexibility index (Phi) is 4.74. The number of oxazole rings is 1. The molecule has 1 aromatic heterocycles. The molecule has 21 heavy (non-hydrogen) atoms. The number of piperidine rings is 1. The fourth-order valence-electron chi connectivity index (χ4n) is 2.81. The molecule has 0 saturated carbocycles. The summed E-state index contributed by atoms with van der Waals surface area (Å²) in [5, 5.41) is 0. The zero-order chi connectivity index (χ0) is 15.6. The fraction of sp³-hybridized carbons (Fsp3) is 0.765. The van der Waals surface area contributed by atoms with E-state index in [-0.39, 0.29) is 11.3 Å². The second-order valence-corrected chi connectivity index (χ2v) is 7.21. The highest BCUT2D eigenvalue weighted by atomic mass is 16.4. The van der Waals surface area contributed by atoms with Crippen LogP contribution in [0.3, 0.4) is 0 Å². The number of rotatable bonds is 3. The summed E-state index contributed by atoms with van der Waals surface area (Å²) in [7, 11) is 0. The third kappa shape index (κ3) is 3.86. The van der Waals surface area contributed by atoms with E-state index in [2.05, 4.69) is 32.7 Å². The highest BCUT2D eigenvalue weighted by molar-refractivity contribution is 5.76. The summed E-state index contributed by atoms with van der Waals surface area (Å²) < 4.78 is 5.86. The minimum absolute atomic E-state index is 0.0889. The number of hydrogen-bond donors (Lipinski definition) is 0. The molecule has 0 spiro atoms. The first-order chi connectivity index (χ1) is 9.79. The summed E-state index contributed by atoms with van der Waals surface area (Å²) in [4.78, 5) is 18.9. The first kappa shape index (κ1) is 16.1. The molecule has 0 bridgehead atoms. The number of carbonyl (C=O) groups excluding carboxylic acids is 1. The molecular formula is C17H28N2O2. The summed E-state index contributed by atoms with van der Waals surface area (Å²) in [6.07, 6.45) is 4.66. The van der Waals surface area contributed by atoms with Crippen molar-refractivity contribution in [3.05, 3.63) is 17.3 Å². The lowest BCUT2D eigenvalue weighted by atomic mass is 9.97. The molecule has 1 unspecified atom stereocenters. The van der Waals surface area contributed by atoms with Crippen molar-refractivity contribution in [2.75, 3.05) is 6.54 Å². The molecule has 0 aliphatic carbocycles. The van der Waals surface area contributed by atoms with Gasteiger partial charge in [0.05, 0.1) is 5.69 Å². The lowest BCUT2D eigenvalue weighted by Crippen LogP contribution is -2.42. The molecule has 0 aromatic carbocycles. The van der Waals surface area contributed by atoms with Gasteiger partial charge < -0.3 is 9.32 Å². The first-order valence-corrected chi connectivity index (χ1v) is 8.05. The molecular weight excluding hydrogens is 264 g/mol. The van der Waals surface area contributed by atoms with Crippen molar-refractivity contribution < 1.29 is 9.21 Å². The number of hydrogen-bond acceptors (Lipinski definition) is 3. The third-order valence-corrected chi connectivity index (χ3v) is 4.22. The van der Waals surface area contributed by atoms with Crippen LogP contribution in [0.4, 0.5) is 0 Å². The lowest BCUT2D eigenvalue weighted by molar-refractivity contribution is -0.134. The quantitative estimate of drug-likeness (QED) is 0.855. The van der Waals surface area contributed by atoms with Gasteiger partial charge in [-0.1, -0.05) is 20.8 Å². The minimum Gasteiger partial charge on any atom is -0.445 e. The van der Waals surface area contributed by atoms with Crippen LogP contribution in [-0.2, 0) is 16.6 Å². The molecule has 0 N–H and O–H groups in total. The van der Waals surface area contributed by atoms with Crippen LogP contribution in [0.2, 0.25) is 0 Å². The first-order valence-electron chi connectivity index (χ1n) is 8.05. The Labute approximate surface area is 127 Å². The summed E-state index contributed by atoms with van der Waals surface area (Å²) >= 11 is 0. The molecule has 4 nitrogen and oxygen atoms in total. The fourth-order valence-corrected chi connectivity index (χ4v) is 2.81. The van der Waals surface area contributed by atoms with E-state index in [9.17, 15) is 4.79 Å².